The van der Waals surface area contributed by atoms with Gasteiger partial charge in [0.2, 0.25) is 0 Å². The zero-order chi connectivity index (χ0) is 11.4. The molecule has 0 radical (unpaired) electrons. The Bertz CT molecular complexity index is 330. The fraction of sp³-hybridized carbons (Fsp3) is 0.600. The van der Waals surface area contributed by atoms with Gasteiger partial charge in [0.05, 0.1) is 0 Å². The van der Waals surface area contributed by atoms with Gasteiger partial charge in [-0.15, -0.1) is 0 Å². The molecule has 1 aliphatic rings. The van der Waals surface area contributed by atoms with Crippen LogP contribution in [0.25, 0.3) is 0 Å². The van der Waals surface area contributed by atoms with Crippen molar-refractivity contribution in [2.24, 2.45) is 5.92 Å². The lowest BCUT2D eigenvalue weighted by Gasteiger charge is -2.21. The number of benzene rings is 1. The van der Waals surface area contributed by atoms with Gasteiger partial charge < -0.3 is 0 Å². The number of unbranched alkanes of at least 4 members (excludes halogenated alkanes) is 1. The molecule has 1 aromatic carbocycles. The molecule has 0 heterocycles. The smallest absolute Gasteiger partial charge is 0.0426 e. The summed E-state index contributed by atoms with van der Waals surface area (Å²) < 4.78 is 0. The first-order valence-electron chi connectivity index (χ1n) is 6.54. The molecule has 88 valence electrons. The van der Waals surface area contributed by atoms with Crippen LogP contribution in [0.3, 0.4) is 0 Å². The second-order valence-electron chi connectivity index (χ2n) is 4.90. The van der Waals surface area contributed by atoms with Crippen LogP contribution in [0.2, 0.25) is 0 Å². The molecule has 0 nitrogen and oxygen atoms in total. The molecule has 0 bridgehead atoms. The third-order valence-corrected chi connectivity index (χ3v) is 4.96. The minimum atomic E-state index is 0.581. The lowest BCUT2D eigenvalue weighted by atomic mass is 9.92. The van der Waals surface area contributed by atoms with Gasteiger partial charge in [-0.3, -0.25) is 0 Å². The van der Waals surface area contributed by atoms with Crippen molar-refractivity contribution >= 4 is 15.9 Å². The summed E-state index contributed by atoms with van der Waals surface area (Å²) in [5, 5.41) is 0. The SMILES string of the molecule is CCCCC1CCCc2ccccc2C1Br. The van der Waals surface area contributed by atoms with Gasteiger partial charge in [0, 0.05) is 4.83 Å². The molecule has 2 unspecified atom stereocenters. The minimum absolute atomic E-state index is 0.581. The van der Waals surface area contributed by atoms with Crippen molar-refractivity contribution < 1.29 is 0 Å². The van der Waals surface area contributed by atoms with E-state index in [0.717, 1.165) is 5.92 Å². The molecule has 16 heavy (non-hydrogen) atoms. The molecule has 0 amide bonds. The maximum absolute atomic E-state index is 3.93. The Balaban J connectivity index is 2.16. The van der Waals surface area contributed by atoms with E-state index in [1.807, 2.05) is 0 Å². The van der Waals surface area contributed by atoms with Crippen LogP contribution in [0, 0.1) is 5.92 Å². The molecule has 0 fully saturated rings. The molecule has 0 N–H and O–H groups in total. The van der Waals surface area contributed by atoms with Gasteiger partial charge in [0.15, 0.2) is 0 Å². The lowest BCUT2D eigenvalue weighted by Crippen LogP contribution is -2.06. The molecular weight excluding hydrogens is 260 g/mol. The van der Waals surface area contributed by atoms with E-state index in [1.54, 1.807) is 11.1 Å². The highest BCUT2D eigenvalue weighted by atomic mass is 79.9. The number of alkyl halides is 1. The van der Waals surface area contributed by atoms with Crippen molar-refractivity contribution in [3.8, 4) is 0 Å². The summed E-state index contributed by atoms with van der Waals surface area (Å²) >= 11 is 3.93. The van der Waals surface area contributed by atoms with Crippen molar-refractivity contribution in [3.63, 3.8) is 0 Å². The number of hydrogen-bond donors (Lipinski definition) is 0. The molecular formula is C15H21Br. The van der Waals surface area contributed by atoms with Crippen LogP contribution in [-0.2, 0) is 6.42 Å². The van der Waals surface area contributed by atoms with Crippen molar-refractivity contribution in [3.05, 3.63) is 35.4 Å². The fourth-order valence-corrected chi connectivity index (χ4v) is 3.72. The number of aryl methyl sites for hydroxylation is 1. The predicted octanol–water partition coefficient (Wildman–Crippen LogP) is 5.27. The molecule has 1 aliphatic carbocycles. The Morgan fingerprint density at radius 2 is 2.12 bits per heavy atom. The van der Waals surface area contributed by atoms with Gasteiger partial charge in [-0.1, -0.05) is 60.0 Å². The molecule has 0 saturated heterocycles. The normalized spacial score (nSPS) is 24.9. The highest BCUT2D eigenvalue weighted by Gasteiger charge is 2.24. The Morgan fingerprint density at radius 3 is 2.94 bits per heavy atom. The number of halogens is 1. The van der Waals surface area contributed by atoms with Crippen molar-refractivity contribution in [1.82, 2.24) is 0 Å². The van der Waals surface area contributed by atoms with Crippen LogP contribution in [0.4, 0.5) is 0 Å². The summed E-state index contributed by atoms with van der Waals surface area (Å²) in [6, 6.07) is 8.95. The van der Waals surface area contributed by atoms with E-state index in [-0.39, 0.29) is 0 Å². The van der Waals surface area contributed by atoms with Gasteiger partial charge >= 0.3 is 0 Å². The average Bonchev–Trinajstić information content (AvgIpc) is 2.47. The van der Waals surface area contributed by atoms with E-state index in [0.29, 0.717) is 4.83 Å². The van der Waals surface area contributed by atoms with Gasteiger partial charge in [-0.25, -0.2) is 0 Å². The van der Waals surface area contributed by atoms with Gasteiger partial charge in [0.1, 0.15) is 0 Å². The van der Waals surface area contributed by atoms with Gasteiger partial charge in [-0.05, 0) is 42.7 Å². The summed E-state index contributed by atoms with van der Waals surface area (Å²) in [6.45, 7) is 2.29. The van der Waals surface area contributed by atoms with E-state index in [4.69, 9.17) is 0 Å². The summed E-state index contributed by atoms with van der Waals surface area (Å²) in [5.41, 5.74) is 3.10. The molecule has 0 aliphatic heterocycles. The Kier molecular flexibility index (Phi) is 4.45. The second-order valence-corrected chi connectivity index (χ2v) is 5.88. The van der Waals surface area contributed by atoms with Crippen molar-refractivity contribution in [1.29, 1.82) is 0 Å². The second kappa shape index (κ2) is 5.86. The summed E-state index contributed by atoms with van der Waals surface area (Å²) in [4.78, 5) is 0.581. The number of rotatable bonds is 3. The van der Waals surface area contributed by atoms with E-state index in [1.165, 1.54) is 38.5 Å². The van der Waals surface area contributed by atoms with E-state index < -0.39 is 0 Å². The lowest BCUT2D eigenvalue weighted by molar-refractivity contribution is 0.428. The predicted molar refractivity (Wildman–Crippen MR) is 74.1 cm³/mol. The minimum Gasteiger partial charge on any atom is -0.0836 e. The quantitative estimate of drug-likeness (QED) is 0.523. The zero-order valence-electron chi connectivity index (χ0n) is 10.1. The molecule has 0 saturated carbocycles. The Labute approximate surface area is 108 Å². The Hall–Kier alpha value is -0.300. The number of fused-ring (bicyclic) bond motifs is 1. The first-order valence-corrected chi connectivity index (χ1v) is 7.46. The van der Waals surface area contributed by atoms with Crippen LogP contribution in [0.5, 0.6) is 0 Å². The topological polar surface area (TPSA) is 0 Å². The fourth-order valence-electron chi connectivity index (χ4n) is 2.74. The summed E-state index contributed by atoms with van der Waals surface area (Å²) in [7, 11) is 0. The zero-order valence-corrected chi connectivity index (χ0v) is 11.7. The van der Waals surface area contributed by atoms with Crippen molar-refractivity contribution in [2.75, 3.05) is 0 Å². The number of hydrogen-bond acceptors (Lipinski definition) is 0. The highest BCUT2D eigenvalue weighted by Crippen LogP contribution is 2.41. The molecule has 0 aromatic heterocycles. The van der Waals surface area contributed by atoms with E-state index >= 15 is 0 Å². The van der Waals surface area contributed by atoms with Crippen LogP contribution < -0.4 is 0 Å². The maximum Gasteiger partial charge on any atom is 0.0426 e. The molecule has 1 heteroatoms. The van der Waals surface area contributed by atoms with Crippen LogP contribution in [0.1, 0.15) is 55.0 Å². The van der Waals surface area contributed by atoms with E-state index in [2.05, 4.69) is 47.1 Å². The molecule has 2 rings (SSSR count). The average molecular weight is 281 g/mol. The molecule has 0 spiro atoms. The van der Waals surface area contributed by atoms with E-state index in [9.17, 15) is 0 Å². The summed E-state index contributed by atoms with van der Waals surface area (Å²) in [5.74, 6) is 0.837. The van der Waals surface area contributed by atoms with Crippen LogP contribution in [0.15, 0.2) is 24.3 Å². The van der Waals surface area contributed by atoms with Crippen LogP contribution >= 0.6 is 15.9 Å². The highest BCUT2D eigenvalue weighted by molar-refractivity contribution is 9.09. The largest absolute Gasteiger partial charge is 0.0836 e. The third-order valence-electron chi connectivity index (χ3n) is 3.72. The molecule has 1 aromatic rings. The standard InChI is InChI=1S/C15H21Br/c1-2-3-7-13-10-6-9-12-8-4-5-11-14(12)15(13)16/h4-5,8,11,13,15H,2-3,6-7,9-10H2,1H3. The Morgan fingerprint density at radius 1 is 1.31 bits per heavy atom. The third kappa shape index (κ3) is 2.68. The molecule has 2 atom stereocenters. The van der Waals surface area contributed by atoms with Crippen molar-refractivity contribution in [2.45, 2.75) is 50.3 Å². The van der Waals surface area contributed by atoms with Crippen LogP contribution in [-0.4, -0.2) is 0 Å². The first kappa shape index (κ1) is 12.2. The first-order chi connectivity index (χ1) is 7.83. The van der Waals surface area contributed by atoms with Gasteiger partial charge in [0.25, 0.3) is 0 Å². The maximum atomic E-state index is 3.93. The summed E-state index contributed by atoms with van der Waals surface area (Å²) in [6.07, 6.45) is 8.06. The van der Waals surface area contributed by atoms with Gasteiger partial charge in [-0.2, -0.15) is 0 Å². The monoisotopic (exact) mass is 280 g/mol.